The maximum absolute atomic E-state index is 3.55. The third kappa shape index (κ3) is 3.62. The van der Waals surface area contributed by atoms with E-state index in [0.717, 1.165) is 13.1 Å². The Morgan fingerprint density at radius 1 is 1.38 bits per heavy atom. The highest BCUT2D eigenvalue weighted by Crippen LogP contribution is 2.07. The topological polar surface area (TPSA) is 24.1 Å². The molecule has 1 aliphatic rings. The number of nitrogens with one attached hydrogen (secondary N) is 2. The Kier molecular flexibility index (Phi) is 4.37. The molecule has 0 amide bonds. The largest absolute Gasteiger partial charge is 0.313 e. The van der Waals surface area contributed by atoms with E-state index in [1.165, 1.54) is 36.9 Å². The second kappa shape index (κ2) is 6.02. The fourth-order valence-electron chi connectivity index (χ4n) is 2.31. The third-order valence-electron chi connectivity index (χ3n) is 3.21. The maximum atomic E-state index is 3.55. The molecule has 88 valence electrons. The van der Waals surface area contributed by atoms with Crippen LogP contribution in [0.15, 0.2) is 24.3 Å². The quantitative estimate of drug-likeness (QED) is 0.810. The smallest absolute Gasteiger partial charge is 0.0206 e. The van der Waals surface area contributed by atoms with E-state index in [1.54, 1.807) is 0 Å². The zero-order chi connectivity index (χ0) is 11.2. The minimum atomic E-state index is 0.679. The Hall–Kier alpha value is -0.860. The van der Waals surface area contributed by atoms with Crippen LogP contribution in [0.1, 0.15) is 30.4 Å². The van der Waals surface area contributed by atoms with E-state index in [9.17, 15) is 0 Å². The zero-order valence-electron chi connectivity index (χ0n) is 10.1. The number of benzene rings is 1. The monoisotopic (exact) mass is 218 g/mol. The van der Waals surface area contributed by atoms with Crippen LogP contribution < -0.4 is 10.6 Å². The van der Waals surface area contributed by atoms with Gasteiger partial charge in [0.15, 0.2) is 0 Å². The van der Waals surface area contributed by atoms with Crippen molar-refractivity contribution in [3.8, 4) is 0 Å². The Balaban J connectivity index is 1.71. The molecule has 0 aliphatic carbocycles. The summed E-state index contributed by atoms with van der Waals surface area (Å²) in [6.07, 6.45) is 4.04. The maximum Gasteiger partial charge on any atom is 0.0206 e. The highest BCUT2D eigenvalue weighted by atomic mass is 15.0. The number of rotatable bonds is 4. The van der Waals surface area contributed by atoms with Crippen LogP contribution in [0.5, 0.6) is 0 Å². The second-order valence-electron chi connectivity index (χ2n) is 4.77. The van der Waals surface area contributed by atoms with Crippen LogP contribution in [-0.4, -0.2) is 19.1 Å². The fraction of sp³-hybridized carbons (Fsp3) is 0.571. The molecule has 1 unspecified atom stereocenters. The molecule has 1 fully saturated rings. The van der Waals surface area contributed by atoms with E-state index in [0.29, 0.717) is 6.04 Å². The van der Waals surface area contributed by atoms with Crippen molar-refractivity contribution in [2.75, 3.05) is 13.1 Å². The van der Waals surface area contributed by atoms with Crippen LogP contribution in [0, 0.1) is 6.92 Å². The summed E-state index contributed by atoms with van der Waals surface area (Å²) in [6.45, 7) is 5.41. The molecular formula is C14H22N2. The van der Waals surface area contributed by atoms with Gasteiger partial charge >= 0.3 is 0 Å². The first-order valence-electron chi connectivity index (χ1n) is 6.34. The van der Waals surface area contributed by atoms with Gasteiger partial charge in [0.05, 0.1) is 0 Å². The van der Waals surface area contributed by atoms with Crippen molar-refractivity contribution < 1.29 is 0 Å². The van der Waals surface area contributed by atoms with Crippen molar-refractivity contribution in [3.05, 3.63) is 35.4 Å². The molecule has 0 aromatic heterocycles. The summed E-state index contributed by atoms with van der Waals surface area (Å²) in [6, 6.07) is 9.39. The van der Waals surface area contributed by atoms with Crippen LogP contribution >= 0.6 is 0 Å². The molecular weight excluding hydrogens is 196 g/mol. The molecule has 1 aromatic rings. The first-order chi connectivity index (χ1) is 7.84. The van der Waals surface area contributed by atoms with Crippen LogP contribution in [-0.2, 0) is 6.54 Å². The Morgan fingerprint density at radius 3 is 3.06 bits per heavy atom. The van der Waals surface area contributed by atoms with Gasteiger partial charge < -0.3 is 10.6 Å². The zero-order valence-corrected chi connectivity index (χ0v) is 10.1. The normalized spacial score (nSPS) is 20.9. The van der Waals surface area contributed by atoms with E-state index in [1.807, 2.05) is 0 Å². The lowest BCUT2D eigenvalue weighted by Crippen LogP contribution is -2.41. The summed E-state index contributed by atoms with van der Waals surface area (Å²) < 4.78 is 0. The van der Waals surface area contributed by atoms with Gasteiger partial charge in [-0.2, -0.15) is 0 Å². The van der Waals surface area contributed by atoms with Crippen molar-refractivity contribution in [1.29, 1.82) is 0 Å². The van der Waals surface area contributed by atoms with Gasteiger partial charge in [-0.25, -0.2) is 0 Å². The highest BCUT2D eigenvalue weighted by molar-refractivity contribution is 5.21. The molecule has 2 heteroatoms. The van der Waals surface area contributed by atoms with Crippen molar-refractivity contribution in [1.82, 2.24) is 10.6 Å². The summed E-state index contributed by atoms with van der Waals surface area (Å²) in [5, 5.41) is 7.09. The highest BCUT2D eigenvalue weighted by Gasteiger charge is 2.11. The standard InChI is InChI=1S/C14H22N2/c1-12-5-4-6-13(9-12)10-15-11-14-7-2-3-8-16-14/h4-6,9,14-16H,2-3,7-8,10-11H2,1H3. The lowest BCUT2D eigenvalue weighted by molar-refractivity contribution is 0.383. The predicted octanol–water partition coefficient (Wildman–Crippen LogP) is 2.23. The van der Waals surface area contributed by atoms with Gasteiger partial charge in [0.2, 0.25) is 0 Å². The summed E-state index contributed by atoms with van der Waals surface area (Å²) in [4.78, 5) is 0. The van der Waals surface area contributed by atoms with Crippen LogP contribution in [0.4, 0.5) is 0 Å². The Morgan fingerprint density at radius 2 is 2.31 bits per heavy atom. The van der Waals surface area contributed by atoms with Crippen molar-refractivity contribution in [2.45, 2.75) is 38.8 Å². The minimum Gasteiger partial charge on any atom is -0.313 e. The molecule has 0 radical (unpaired) electrons. The third-order valence-corrected chi connectivity index (χ3v) is 3.21. The summed E-state index contributed by atoms with van der Waals surface area (Å²) in [5.74, 6) is 0. The van der Waals surface area contributed by atoms with Gasteiger partial charge in [0.1, 0.15) is 0 Å². The Bertz CT molecular complexity index is 316. The summed E-state index contributed by atoms with van der Waals surface area (Å²) >= 11 is 0. The predicted molar refractivity (Wildman–Crippen MR) is 68.5 cm³/mol. The first kappa shape index (κ1) is 11.6. The number of hydrogen-bond acceptors (Lipinski definition) is 2. The van der Waals surface area contributed by atoms with Crippen molar-refractivity contribution in [2.24, 2.45) is 0 Å². The summed E-state index contributed by atoms with van der Waals surface area (Å²) in [5.41, 5.74) is 2.73. The van der Waals surface area contributed by atoms with E-state index in [-0.39, 0.29) is 0 Å². The van der Waals surface area contributed by atoms with Crippen LogP contribution in [0.25, 0.3) is 0 Å². The fourth-order valence-corrected chi connectivity index (χ4v) is 2.31. The van der Waals surface area contributed by atoms with E-state index < -0.39 is 0 Å². The van der Waals surface area contributed by atoms with E-state index in [4.69, 9.17) is 0 Å². The molecule has 0 saturated carbocycles. The van der Waals surface area contributed by atoms with Crippen molar-refractivity contribution in [3.63, 3.8) is 0 Å². The van der Waals surface area contributed by atoms with Crippen LogP contribution in [0.3, 0.4) is 0 Å². The van der Waals surface area contributed by atoms with Crippen LogP contribution in [0.2, 0.25) is 0 Å². The second-order valence-corrected chi connectivity index (χ2v) is 4.77. The van der Waals surface area contributed by atoms with Gasteiger partial charge in [-0.3, -0.25) is 0 Å². The summed E-state index contributed by atoms with van der Waals surface area (Å²) in [7, 11) is 0. The first-order valence-corrected chi connectivity index (χ1v) is 6.34. The molecule has 1 aliphatic heterocycles. The molecule has 1 heterocycles. The van der Waals surface area contributed by atoms with Gasteiger partial charge in [0, 0.05) is 19.1 Å². The molecule has 16 heavy (non-hydrogen) atoms. The Labute approximate surface area is 98.4 Å². The molecule has 2 rings (SSSR count). The molecule has 2 nitrogen and oxygen atoms in total. The molecule has 1 atom stereocenters. The van der Waals surface area contributed by atoms with E-state index >= 15 is 0 Å². The average Bonchev–Trinajstić information content (AvgIpc) is 2.30. The van der Waals surface area contributed by atoms with Gasteiger partial charge in [-0.05, 0) is 31.9 Å². The van der Waals surface area contributed by atoms with Gasteiger partial charge in [0.25, 0.3) is 0 Å². The molecule has 1 saturated heterocycles. The number of aryl methyl sites for hydroxylation is 1. The lowest BCUT2D eigenvalue weighted by Gasteiger charge is -2.23. The lowest BCUT2D eigenvalue weighted by atomic mass is 10.1. The van der Waals surface area contributed by atoms with Crippen molar-refractivity contribution >= 4 is 0 Å². The molecule has 1 aromatic carbocycles. The number of piperidine rings is 1. The van der Waals surface area contributed by atoms with Gasteiger partial charge in [-0.1, -0.05) is 36.2 Å². The number of hydrogen-bond donors (Lipinski definition) is 2. The molecule has 0 bridgehead atoms. The minimum absolute atomic E-state index is 0.679. The molecule has 0 spiro atoms. The van der Waals surface area contributed by atoms with E-state index in [2.05, 4.69) is 41.8 Å². The average molecular weight is 218 g/mol. The molecule has 2 N–H and O–H groups in total. The SMILES string of the molecule is Cc1cccc(CNCC2CCCCN2)c1. The van der Waals surface area contributed by atoms with Gasteiger partial charge in [-0.15, -0.1) is 0 Å².